The Kier molecular flexibility index (Phi) is 8.68. The molecule has 0 bridgehead atoms. The topological polar surface area (TPSA) is 17.0 Å². The highest BCUT2D eigenvalue weighted by Gasteiger charge is 2.11. The highest BCUT2D eigenvalue weighted by molar-refractivity contribution is 5.15. The zero-order chi connectivity index (χ0) is 14.8. The summed E-state index contributed by atoms with van der Waals surface area (Å²) < 4.78 is 2.40. The van der Waals surface area contributed by atoms with Gasteiger partial charge in [0, 0.05) is 25.0 Å². The first-order chi connectivity index (χ1) is 9.74. The minimum absolute atomic E-state index is 0.520. The largest absolute Gasteiger partial charge is 0.354 e. The van der Waals surface area contributed by atoms with Gasteiger partial charge in [-0.25, -0.2) is 0 Å². The monoisotopic (exact) mass is 278 g/mol. The summed E-state index contributed by atoms with van der Waals surface area (Å²) in [6.45, 7) is 11.4. The maximum Gasteiger partial charge on any atom is 0.0332 e. The van der Waals surface area contributed by atoms with Crippen LogP contribution in [0.4, 0.5) is 0 Å². The molecule has 20 heavy (non-hydrogen) atoms. The van der Waals surface area contributed by atoms with Crippen molar-refractivity contribution in [3.05, 3.63) is 24.0 Å². The predicted molar refractivity (Wildman–Crippen MR) is 89.1 cm³/mol. The van der Waals surface area contributed by atoms with Gasteiger partial charge in [-0.15, -0.1) is 0 Å². The maximum absolute atomic E-state index is 3.64. The molecule has 1 aromatic rings. The first-order valence-corrected chi connectivity index (χ1v) is 8.64. The second kappa shape index (κ2) is 10.0. The van der Waals surface area contributed by atoms with Gasteiger partial charge in [0.05, 0.1) is 0 Å². The molecule has 2 unspecified atom stereocenters. The second-order valence-corrected chi connectivity index (χ2v) is 5.97. The van der Waals surface area contributed by atoms with Gasteiger partial charge in [0.2, 0.25) is 0 Å². The average molecular weight is 278 g/mol. The lowest BCUT2D eigenvalue weighted by Crippen LogP contribution is -2.21. The van der Waals surface area contributed by atoms with Crippen LogP contribution in [0.2, 0.25) is 0 Å². The van der Waals surface area contributed by atoms with Gasteiger partial charge in [0.15, 0.2) is 0 Å². The van der Waals surface area contributed by atoms with E-state index in [2.05, 4.69) is 56.0 Å². The lowest BCUT2D eigenvalue weighted by molar-refractivity contribution is 0.390. The number of unbranched alkanes of at least 4 members (excludes halogenated alkanes) is 1. The molecule has 0 aromatic carbocycles. The molecule has 0 aliphatic heterocycles. The molecule has 1 aromatic heterocycles. The van der Waals surface area contributed by atoms with Crippen molar-refractivity contribution in [3.8, 4) is 0 Å². The highest BCUT2D eigenvalue weighted by atomic mass is 15.0. The smallest absolute Gasteiger partial charge is 0.0332 e. The quantitative estimate of drug-likeness (QED) is 0.592. The molecule has 1 heterocycles. The zero-order valence-corrected chi connectivity index (χ0v) is 14.0. The van der Waals surface area contributed by atoms with E-state index in [1.165, 1.54) is 44.2 Å². The van der Waals surface area contributed by atoms with Crippen LogP contribution in [0.5, 0.6) is 0 Å². The Morgan fingerprint density at radius 2 is 1.90 bits per heavy atom. The zero-order valence-electron chi connectivity index (χ0n) is 14.0. The van der Waals surface area contributed by atoms with Crippen LogP contribution in [0.3, 0.4) is 0 Å². The van der Waals surface area contributed by atoms with Crippen molar-refractivity contribution in [1.82, 2.24) is 9.88 Å². The molecule has 116 valence electrons. The van der Waals surface area contributed by atoms with Gasteiger partial charge >= 0.3 is 0 Å². The van der Waals surface area contributed by atoms with Crippen molar-refractivity contribution in [1.29, 1.82) is 0 Å². The molecular formula is C18H34N2. The van der Waals surface area contributed by atoms with Gasteiger partial charge in [0.25, 0.3) is 0 Å². The van der Waals surface area contributed by atoms with E-state index in [1.54, 1.807) is 0 Å². The van der Waals surface area contributed by atoms with Gasteiger partial charge in [-0.1, -0.05) is 47.0 Å². The van der Waals surface area contributed by atoms with Crippen LogP contribution >= 0.6 is 0 Å². The molecule has 1 rings (SSSR count). The Morgan fingerprint density at radius 3 is 2.50 bits per heavy atom. The summed E-state index contributed by atoms with van der Waals surface area (Å²) in [6.07, 6.45) is 12.3. The Labute approximate surface area is 126 Å². The Hall–Kier alpha value is -0.760. The molecule has 2 atom stereocenters. The molecule has 0 aliphatic rings. The van der Waals surface area contributed by atoms with Crippen molar-refractivity contribution in [2.24, 2.45) is 5.92 Å². The summed E-state index contributed by atoms with van der Waals surface area (Å²) in [4.78, 5) is 0. The highest BCUT2D eigenvalue weighted by Crippen LogP contribution is 2.20. The molecule has 0 saturated carbocycles. The summed E-state index contributed by atoms with van der Waals surface area (Å²) in [5.41, 5.74) is 1.45. The minimum Gasteiger partial charge on any atom is -0.354 e. The third kappa shape index (κ3) is 5.70. The molecule has 0 radical (unpaired) electrons. The van der Waals surface area contributed by atoms with E-state index < -0.39 is 0 Å². The van der Waals surface area contributed by atoms with E-state index in [9.17, 15) is 0 Å². The van der Waals surface area contributed by atoms with Gasteiger partial charge in [-0.05, 0) is 43.4 Å². The minimum atomic E-state index is 0.520. The fourth-order valence-corrected chi connectivity index (χ4v) is 2.81. The number of hydrogen-bond donors (Lipinski definition) is 1. The van der Waals surface area contributed by atoms with Crippen LogP contribution in [-0.2, 0) is 6.54 Å². The predicted octanol–water partition coefficient (Wildman–Crippen LogP) is 5.16. The number of nitrogens with one attached hydrogen (secondary N) is 1. The van der Waals surface area contributed by atoms with E-state index in [-0.39, 0.29) is 0 Å². The standard InChI is InChI=1S/C18H34N2/c1-5-9-10-16(7-3)14-20-13-11-17(15-20)18(8-4)19-12-6-2/h11,13,15-16,18-19H,5-10,12,14H2,1-4H3. The Morgan fingerprint density at radius 1 is 1.10 bits per heavy atom. The Balaban J connectivity index is 2.56. The fraction of sp³-hybridized carbons (Fsp3) is 0.778. The fourth-order valence-electron chi connectivity index (χ4n) is 2.81. The van der Waals surface area contributed by atoms with Crippen molar-refractivity contribution >= 4 is 0 Å². The van der Waals surface area contributed by atoms with E-state index in [1.807, 2.05) is 0 Å². The SMILES string of the molecule is CCCCC(CC)Cn1ccc(C(CC)NCCC)c1. The first kappa shape index (κ1) is 17.3. The van der Waals surface area contributed by atoms with Crippen LogP contribution in [0, 0.1) is 5.92 Å². The lowest BCUT2D eigenvalue weighted by Gasteiger charge is -2.17. The van der Waals surface area contributed by atoms with Crippen molar-refractivity contribution < 1.29 is 0 Å². The number of nitrogens with zero attached hydrogens (tertiary/aromatic N) is 1. The number of hydrogen-bond acceptors (Lipinski definition) is 1. The third-order valence-corrected chi connectivity index (χ3v) is 4.24. The van der Waals surface area contributed by atoms with Crippen molar-refractivity contribution in [2.75, 3.05) is 6.54 Å². The van der Waals surface area contributed by atoms with Crippen LogP contribution in [0.25, 0.3) is 0 Å². The molecule has 0 spiro atoms. The molecule has 0 amide bonds. The summed E-state index contributed by atoms with van der Waals surface area (Å²) >= 11 is 0. The van der Waals surface area contributed by atoms with Crippen LogP contribution in [-0.4, -0.2) is 11.1 Å². The first-order valence-electron chi connectivity index (χ1n) is 8.64. The van der Waals surface area contributed by atoms with E-state index in [0.29, 0.717) is 6.04 Å². The molecule has 0 aliphatic carbocycles. The van der Waals surface area contributed by atoms with Crippen molar-refractivity contribution in [3.63, 3.8) is 0 Å². The Bertz CT molecular complexity index is 343. The van der Waals surface area contributed by atoms with E-state index in [0.717, 1.165) is 18.9 Å². The molecule has 2 heteroatoms. The summed E-state index contributed by atoms with van der Waals surface area (Å²) in [6, 6.07) is 2.82. The number of aromatic nitrogens is 1. The van der Waals surface area contributed by atoms with Crippen molar-refractivity contribution in [2.45, 2.75) is 78.8 Å². The third-order valence-electron chi connectivity index (χ3n) is 4.24. The maximum atomic E-state index is 3.64. The summed E-state index contributed by atoms with van der Waals surface area (Å²) in [5.74, 6) is 0.832. The van der Waals surface area contributed by atoms with Gasteiger partial charge in [0.1, 0.15) is 0 Å². The van der Waals surface area contributed by atoms with E-state index in [4.69, 9.17) is 0 Å². The van der Waals surface area contributed by atoms with Gasteiger partial charge in [-0.2, -0.15) is 0 Å². The normalized spacial score (nSPS) is 14.4. The second-order valence-electron chi connectivity index (χ2n) is 5.97. The van der Waals surface area contributed by atoms with Crippen LogP contribution < -0.4 is 5.32 Å². The molecule has 1 N–H and O–H groups in total. The molecule has 2 nitrogen and oxygen atoms in total. The molecule has 0 fully saturated rings. The van der Waals surface area contributed by atoms with Gasteiger partial charge in [-0.3, -0.25) is 0 Å². The van der Waals surface area contributed by atoms with Gasteiger partial charge < -0.3 is 9.88 Å². The molecule has 0 saturated heterocycles. The average Bonchev–Trinajstić information content (AvgIpc) is 2.92. The summed E-state index contributed by atoms with van der Waals surface area (Å²) in [5, 5.41) is 3.64. The lowest BCUT2D eigenvalue weighted by atomic mass is 9.99. The van der Waals surface area contributed by atoms with E-state index >= 15 is 0 Å². The van der Waals surface area contributed by atoms with Crippen LogP contribution in [0.1, 0.15) is 77.8 Å². The molecular weight excluding hydrogens is 244 g/mol. The summed E-state index contributed by atoms with van der Waals surface area (Å²) in [7, 11) is 0. The number of rotatable bonds is 11. The van der Waals surface area contributed by atoms with Crippen LogP contribution in [0.15, 0.2) is 18.5 Å².